The van der Waals surface area contributed by atoms with Gasteiger partial charge in [0.15, 0.2) is 5.11 Å². The highest BCUT2D eigenvalue weighted by Crippen LogP contribution is 2.34. The maximum absolute atomic E-state index is 10.9. The first-order chi connectivity index (χ1) is 13.0. The van der Waals surface area contributed by atoms with Gasteiger partial charge in [-0.05, 0) is 28.6 Å². The smallest absolute Gasteiger partial charge is 0.269 e. The van der Waals surface area contributed by atoms with Gasteiger partial charge < -0.3 is 5.73 Å². The van der Waals surface area contributed by atoms with E-state index < -0.39 is 4.92 Å². The zero-order chi connectivity index (χ0) is 19.0. The Labute approximate surface area is 161 Å². The second-order valence-electron chi connectivity index (χ2n) is 6.32. The molecular weight excluding hydrogens is 360 g/mol. The number of nitrogens with zero attached hydrogens (tertiary/aromatic N) is 3. The standard InChI is InChI=1S/C20H16N4O2S/c21-20(27)23-19(14-8-10-15(11-9-14)24(25)26)12-18(22-23)17-7-3-5-13-4-1-2-6-16(13)17/h1-11,19H,12H2,(H2,21,27). The van der Waals surface area contributed by atoms with Crippen molar-refractivity contribution in [2.45, 2.75) is 12.5 Å². The summed E-state index contributed by atoms with van der Waals surface area (Å²) >= 11 is 5.19. The molecule has 2 N–H and O–H groups in total. The van der Waals surface area contributed by atoms with Crippen LogP contribution in [0.5, 0.6) is 0 Å². The Bertz CT molecular complexity index is 1070. The maximum atomic E-state index is 10.9. The lowest BCUT2D eigenvalue weighted by atomic mass is 9.95. The molecule has 1 heterocycles. The van der Waals surface area contributed by atoms with E-state index in [0.717, 1.165) is 27.6 Å². The molecule has 7 heteroatoms. The van der Waals surface area contributed by atoms with Crippen LogP contribution in [0.1, 0.15) is 23.6 Å². The van der Waals surface area contributed by atoms with Crippen molar-refractivity contribution in [3.05, 3.63) is 88.0 Å². The Morgan fingerprint density at radius 2 is 1.81 bits per heavy atom. The van der Waals surface area contributed by atoms with E-state index in [2.05, 4.69) is 23.3 Å². The quantitative estimate of drug-likeness (QED) is 0.422. The van der Waals surface area contributed by atoms with Gasteiger partial charge >= 0.3 is 0 Å². The molecule has 3 aromatic carbocycles. The van der Waals surface area contributed by atoms with Gasteiger partial charge in [-0.3, -0.25) is 10.1 Å². The van der Waals surface area contributed by atoms with Gasteiger partial charge in [-0.15, -0.1) is 0 Å². The van der Waals surface area contributed by atoms with Crippen molar-refractivity contribution in [1.82, 2.24) is 5.01 Å². The first-order valence-corrected chi connectivity index (χ1v) is 8.84. The van der Waals surface area contributed by atoms with Crippen molar-refractivity contribution in [2.75, 3.05) is 0 Å². The van der Waals surface area contributed by atoms with Crippen molar-refractivity contribution in [2.24, 2.45) is 10.8 Å². The van der Waals surface area contributed by atoms with Crippen LogP contribution in [0.3, 0.4) is 0 Å². The van der Waals surface area contributed by atoms with Crippen LogP contribution in [0.25, 0.3) is 10.8 Å². The van der Waals surface area contributed by atoms with Crippen LogP contribution in [-0.4, -0.2) is 20.8 Å². The molecule has 27 heavy (non-hydrogen) atoms. The van der Waals surface area contributed by atoms with Gasteiger partial charge in [0.1, 0.15) is 0 Å². The predicted octanol–water partition coefficient (Wildman–Crippen LogP) is 4.14. The molecule has 3 aromatic rings. The molecule has 134 valence electrons. The summed E-state index contributed by atoms with van der Waals surface area (Å²) in [6.07, 6.45) is 0.614. The molecule has 6 nitrogen and oxygen atoms in total. The zero-order valence-electron chi connectivity index (χ0n) is 14.3. The number of non-ortho nitro benzene ring substituents is 1. The van der Waals surface area contributed by atoms with E-state index in [1.54, 1.807) is 17.1 Å². The third-order valence-corrected chi connectivity index (χ3v) is 4.91. The van der Waals surface area contributed by atoms with Crippen LogP contribution in [0.4, 0.5) is 5.69 Å². The summed E-state index contributed by atoms with van der Waals surface area (Å²) in [5, 5.41) is 19.6. The lowest BCUT2D eigenvalue weighted by Crippen LogP contribution is -2.31. The van der Waals surface area contributed by atoms with Crippen molar-refractivity contribution >= 4 is 39.5 Å². The van der Waals surface area contributed by atoms with E-state index >= 15 is 0 Å². The number of hydrogen-bond donors (Lipinski definition) is 1. The first-order valence-electron chi connectivity index (χ1n) is 8.43. The van der Waals surface area contributed by atoms with Gasteiger partial charge in [0, 0.05) is 24.1 Å². The molecule has 0 radical (unpaired) electrons. The fourth-order valence-electron chi connectivity index (χ4n) is 3.43. The predicted molar refractivity (Wildman–Crippen MR) is 110 cm³/mol. The summed E-state index contributed by atoms with van der Waals surface area (Å²) in [6.45, 7) is 0. The number of thiocarbonyl (C=S) groups is 1. The van der Waals surface area contributed by atoms with Gasteiger partial charge in [-0.25, -0.2) is 5.01 Å². The second kappa shape index (κ2) is 6.77. The minimum atomic E-state index is -0.415. The molecule has 4 rings (SSSR count). The van der Waals surface area contributed by atoms with E-state index in [4.69, 9.17) is 18.0 Å². The molecule has 0 saturated carbocycles. The molecule has 1 aliphatic heterocycles. The molecule has 0 fully saturated rings. The summed E-state index contributed by atoms with van der Waals surface area (Å²) in [7, 11) is 0. The monoisotopic (exact) mass is 376 g/mol. The van der Waals surface area contributed by atoms with Crippen LogP contribution in [0.15, 0.2) is 71.8 Å². The molecule has 0 aliphatic carbocycles. The number of hydrogen-bond acceptors (Lipinski definition) is 4. The third kappa shape index (κ3) is 3.13. The summed E-state index contributed by atoms with van der Waals surface area (Å²) in [6, 6.07) is 20.5. The normalized spacial score (nSPS) is 16.4. The molecule has 0 aromatic heterocycles. The largest absolute Gasteiger partial charge is 0.375 e. The van der Waals surface area contributed by atoms with Crippen LogP contribution in [0, 0.1) is 10.1 Å². The van der Waals surface area contributed by atoms with Gasteiger partial charge in [-0.1, -0.05) is 54.6 Å². The van der Waals surface area contributed by atoms with Crippen LogP contribution in [0.2, 0.25) is 0 Å². The zero-order valence-corrected chi connectivity index (χ0v) is 15.1. The van der Waals surface area contributed by atoms with E-state index in [1.165, 1.54) is 12.1 Å². The maximum Gasteiger partial charge on any atom is 0.269 e. The molecule has 0 amide bonds. The van der Waals surface area contributed by atoms with Crippen molar-refractivity contribution in [3.63, 3.8) is 0 Å². The SMILES string of the molecule is NC(=S)N1N=C(c2cccc3ccccc23)CC1c1ccc([N+](=O)[O-])cc1. The van der Waals surface area contributed by atoms with Crippen LogP contribution >= 0.6 is 12.2 Å². The number of nitrogens with two attached hydrogens (primary N) is 1. The van der Waals surface area contributed by atoms with Gasteiger partial charge in [0.25, 0.3) is 5.69 Å². The Morgan fingerprint density at radius 1 is 1.11 bits per heavy atom. The van der Waals surface area contributed by atoms with Crippen LogP contribution < -0.4 is 5.73 Å². The van der Waals surface area contributed by atoms with Gasteiger partial charge in [0.05, 0.1) is 16.7 Å². The van der Waals surface area contributed by atoms with Gasteiger partial charge in [-0.2, -0.15) is 5.10 Å². The number of rotatable bonds is 3. The van der Waals surface area contributed by atoms with Crippen LogP contribution in [-0.2, 0) is 0 Å². The first kappa shape index (κ1) is 17.1. The summed E-state index contributed by atoms with van der Waals surface area (Å²) < 4.78 is 0. The lowest BCUT2D eigenvalue weighted by molar-refractivity contribution is -0.384. The molecule has 1 unspecified atom stereocenters. The van der Waals surface area contributed by atoms with E-state index in [9.17, 15) is 10.1 Å². The average molecular weight is 376 g/mol. The minimum Gasteiger partial charge on any atom is -0.375 e. The average Bonchev–Trinajstić information content (AvgIpc) is 3.13. The minimum absolute atomic E-state index is 0.0498. The second-order valence-corrected chi connectivity index (χ2v) is 6.74. The molecule has 0 spiro atoms. The fourth-order valence-corrected chi connectivity index (χ4v) is 3.60. The topological polar surface area (TPSA) is 84.8 Å². The summed E-state index contributed by atoms with van der Waals surface area (Å²) in [5.41, 5.74) is 8.76. The number of nitro benzene ring substituents is 1. The number of hydrazone groups is 1. The number of nitro groups is 1. The van der Waals surface area contributed by atoms with E-state index in [-0.39, 0.29) is 16.8 Å². The molecule has 1 aliphatic rings. The number of benzene rings is 3. The fraction of sp³-hybridized carbons (Fsp3) is 0.100. The van der Waals surface area contributed by atoms with Crippen molar-refractivity contribution in [3.8, 4) is 0 Å². The Hall–Kier alpha value is -3.32. The van der Waals surface area contributed by atoms with E-state index in [0.29, 0.717) is 6.42 Å². The Morgan fingerprint density at radius 3 is 2.52 bits per heavy atom. The Balaban J connectivity index is 1.73. The highest BCUT2D eigenvalue weighted by Gasteiger charge is 2.31. The molecular formula is C20H16N4O2S. The van der Waals surface area contributed by atoms with Crippen molar-refractivity contribution < 1.29 is 4.92 Å². The molecule has 0 saturated heterocycles. The van der Waals surface area contributed by atoms with Crippen molar-refractivity contribution in [1.29, 1.82) is 0 Å². The van der Waals surface area contributed by atoms with E-state index in [1.807, 2.05) is 24.3 Å². The lowest BCUT2D eigenvalue weighted by Gasteiger charge is -2.21. The molecule has 0 bridgehead atoms. The molecule has 1 atom stereocenters. The highest BCUT2D eigenvalue weighted by molar-refractivity contribution is 7.80. The number of fused-ring (bicyclic) bond motifs is 1. The summed E-state index contributed by atoms with van der Waals surface area (Å²) in [4.78, 5) is 10.5. The van der Waals surface area contributed by atoms with Gasteiger partial charge in [0.2, 0.25) is 0 Å². The Kier molecular flexibility index (Phi) is 4.29. The highest BCUT2D eigenvalue weighted by atomic mass is 32.1. The third-order valence-electron chi connectivity index (χ3n) is 4.73. The summed E-state index contributed by atoms with van der Waals surface area (Å²) in [5.74, 6) is 0.